The highest BCUT2D eigenvalue weighted by atomic mass is 16.5. The number of nitrogens with one attached hydrogen (secondary N) is 2. The summed E-state index contributed by atoms with van der Waals surface area (Å²) in [7, 11) is 0. The van der Waals surface area contributed by atoms with E-state index in [0.717, 1.165) is 57.5 Å². The van der Waals surface area contributed by atoms with Gasteiger partial charge in [-0.1, -0.05) is 19.8 Å². The van der Waals surface area contributed by atoms with Crippen LogP contribution in [0.1, 0.15) is 44.9 Å². The maximum absolute atomic E-state index is 5.45. The van der Waals surface area contributed by atoms with Crippen LogP contribution in [0.4, 0.5) is 0 Å². The average Bonchev–Trinajstić information content (AvgIpc) is 3.34. The molecule has 134 valence electrons. The summed E-state index contributed by atoms with van der Waals surface area (Å²) in [6, 6.07) is 0.567. The summed E-state index contributed by atoms with van der Waals surface area (Å²) in [5.41, 5.74) is 0. The molecule has 7 nitrogen and oxygen atoms in total. The van der Waals surface area contributed by atoms with Gasteiger partial charge in [0.05, 0.1) is 6.61 Å². The Labute approximate surface area is 144 Å². The first kappa shape index (κ1) is 17.2. The van der Waals surface area contributed by atoms with Gasteiger partial charge in [0.25, 0.3) is 0 Å². The normalized spacial score (nSPS) is 22.2. The van der Waals surface area contributed by atoms with Crippen molar-refractivity contribution in [1.82, 2.24) is 25.4 Å². The lowest BCUT2D eigenvalue weighted by atomic mass is 10.1. The van der Waals surface area contributed by atoms with Gasteiger partial charge < -0.3 is 19.9 Å². The second kappa shape index (κ2) is 9.01. The SMILES string of the molecule is CCc1nncn1CCNC(=NCC1CCOC1)NC1CCCC1. The minimum Gasteiger partial charge on any atom is -0.381 e. The van der Waals surface area contributed by atoms with Crippen LogP contribution < -0.4 is 10.6 Å². The van der Waals surface area contributed by atoms with Gasteiger partial charge in [-0.25, -0.2) is 0 Å². The number of ether oxygens (including phenoxy) is 1. The number of nitrogens with zero attached hydrogens (tertiary/aromatic N) is 4. The summed E-state index contributed by atoms with van der Waals surface area (Å²) in [6.07, 6.45) is 8.97. The summed E-state index contributed by atoms with van der Waals surface area (Å²) in [6.45, 7) is 6.35. The third kappa shape index (κ3) is 4.93. The smallest absolute Gasteiger partial charge is 0.191 e. The molecule has 7 heteroatoms. The summed E-state index contributed by atoms with van der Waals surface area (Å²) in [5, 5.41) is 15.2. The lowest BCUT2D eigenvalue weighted by Gasteiger charge is -2.18. The van der Waals surface area contributed by atoms with Crippen LogP contribution in [0.2, 0.25) is 0 Å². The van der Waals surface area contributed by atoms with E-state index in [0.29, 0.717) is 12.0 Å². The minimum atomic E-state index is 0.566. The van der Waals surface area contributed by atoms with E-state index in [-0.39, 0.29) is 0 Å². The molecule has 2 N–H and O–H groups in total. The Hall–Kier alpha value is -1.63. The number of aromatic nitrogens is 3. The summed E-state index contributed by atoms with van der Waals surface area (Å²) in [4.78, 5) is 4.80. The molecule has 24 heavy (non-hydrogen) atoms. The quantitative estimate of drug-likeness (QED) is 0.581. The predicted octanol–water partition coefficient (Wildman–Crippen LogP) is 1.35. The molecule has 0 spiro atoms. The zero-order valence-electron chi connectivity index (χ0n) is 14.7. The molecule has 2 aliphatic rings. The molecule has 1 saturated heterocycles. The molecule has 2 fully saturated rings. The first-order valence-corrected chi connectivity index (χ1v) is 9.34. The molecule has 1 unspecified atom stereocenters. The van der Waals surface area contributed by atoms with Crippen molar-refractivity contribution in [1.29, 1.82) is 0 Å². The van der Waals surface area contributed by atoms with Crippen LogP contribution in [0.25, 0.3) is 0 Å². The lowest BCUT2D eigenvalue weighted by Crippen LogP contribution is -2.43. The van der Waals surface area contributed by atoms with Gasteiger partial charge in [0.15, 0.2) is 5.96 Å². The molecule has 0 radical (unpaired) electrons. The van der Waals surface area contributed by atoms with Crippen molar-refractivity contribution in [3.8, 4) is 0 Å². The van der Waals surface area contributed by atoms with Crippen LogP contribution in [0, 0.1) is 5.92 Å². The molecule has 1 aromatic heterocycles. The van der Waals surface area contributed by atoms with Crippen LogP contribution >= 0.6 is 0 Å². The van der Waals surface area contributed by atoms with E-state index in [1.54, 1.807) is 6.33 Å². The zero-order chi connectivity index (χ0) is 16.6. The van der Waals surface area contributed by atoms with Crippen molar-refractivity contribution in [2.24, 2.45) is 10.9 Å². The number of aliphatic imine (C=N–C) groups is 1. The van der Waals surface area contributed by atoms with Gasteiger partial charge >= 0.3 is 0 Å². The first-order chi connectivity index (χ1) is 11.8. The average molecular weight is 334 g/mol. The highest BCUT2D eigenvalue weighted by Gasteiger charge is 2.18. The molecular weight excluding hydrogens is 304 g/mol. The Kier molecular flexibility index (Phi) is 6.46. The fraction of sp³-hybridized carbons (Fsp3) is 0.824. The van der Waals surface area contributed by atoms with E-state index >= 15 is 0 Å². The highest BCUT2D eigenvalue weighted by Crippen LogP contribution is 2.17. The maximum Gasteiger partial charge on any atom is 0.191 e. The topological polar surface area (TPSA) is 76.4 Å². The van der Waals surface area contributed by atoms with Crippen LogP contribution in [0.15, 0.2) is 11.3 Å². The van der Waals surface area contributed by atoms with Crippen molar-refractivity contribution in [2.75, 3.05) is 26.3 Å². The number of aryl methyl sites for hydroxylation is 1. The molecule has 1 atom stereocenters. The van der Waals surface area contributed by atoms with E-state index in [4.69, 9.17) is 9.73 Å². The Balaban J connectivity index is 1.51. The molecule has 0 aromatic carbocycles. The lowest BCUT2D eigenvalue weighted by molar-refractivity contribution is 0.187. The summed E-state index contributed by atoms with van der Waals surface area (Å²) >= 11 is 0. The Morgan fingerprint density at radius 1 is 1.38 bits per heavy atom. The molecule has 3 rings (SSSR count). The Morgan fingerprint density at radius 3 is 3.00 bits per heavy atom. The molecule has 1 aliphatic heterocycles. The van der Waals surface area contributed by atoms with Crippen molar-refractivity contribution < 1.29 is 4.74 Å². The molecule has 0 amide bonds. The van der Waals surface area contributed by atoms with Gasteiger partial charge in [0.1, 0.15) is 12.2 Å². The van der Waals surface area contributed by atoms with Crippen LogP contribution in [-0.4, -0.2) is 53.1 Å². The van der Waals surface area contributed by atoms with Gasteiger partial charge in [-0.3, -0.25) is 4.99 Å². The van der Waals surface area contributed by atoms with E-state index in [2.05, 4.69) is 32.3 Å². The van der Waals surface area contributed by atoms with E-state index in [1.807, 2.05) is 0 Å². The maximum atomic E-state index is 5.45. The molecule has 0 bridgehead atoms. The predicted molar refractivity (Wildman–Crippen MR) is 94.0 cm³/mol. The number of rotatable bonds is 7. The largest absolute Gasteiger partial charge is 0.381 e. The number of hydrogen-bond acceptors (Lipinski definition) is 4. The second-order valence-corrected chi connectivity index (χ2v) is 6.77. The van der Waals surface area contributed by atoms with E-state index in [9.17, 15) is 0 Å². The zero-order valence-corrected chi connectivity index (χ0v) is 14.7. The second-order valence-electron chi connectivity index (χ2n) is 6.77. The molecule has 1 saturated carbocycles. The van der Waals surface area contributed by atoms with Crippen molar-refractivity contribution >= 4 is 5.96 Å². The highest BCUT2D eigenvalue weighted by molar-refractivity contribution is 5.80. The van der Waals surface area contributed by atoms with Gasteiger partial charge in [0.2, 0.25) is 0 Å². The van der Waals surface area contributed by atoms with Crippen molar-refractivity contribution in [3.05, 3.63) is 12.2 Å². The van der Waals surface area contributed by atoms with Crippen molar-refractivity contribution in [2.45, 2.75) is 58.0 Å². The molecule has 1 aromatic rings. The monoisotopic (exact) mass is 334 g/mol. The van der Waals surface area contributed by atoms with E-state index in [1.165, 1.54) is 25.7 Å². The standard InChI is InChI=1S/C17H30N6O/c1-2-16-22-20-13-23(16)9-8-18-17(21-15-5-3-4-6-15)19-11-14-7-10-24-12-14/h13-15H,2-12H2,1H3,(H2,18,19,21). The summed E-state index contributed by atoms with van der Waals surface area (Å²) in [5.74, 6) is 2.54. The molecule has 1 aliphatic carbocycles. The first-order valence-electron chi connectivity index (χ1n) is 9.34. The third-order valence-electron chi connectivity index (χ3n) is 4.88. The van der Waals surface area contributed by atoms with Gasteiger partial charge in [0, 0.05) is 44.6 Å². The van der Waals surface area contributed by atoms with Gasteiger partial charge in [-0.05, 0) is 19.3 Å². The third-order valence-corrected chi connectivity index (χ3v) is 4.88. The van der Waals surface area contributed by atoms with E-state index < -0.39 is 0 Å². The van der Waals surface area contributed by atoms with Crippen LogP contribution in [0.5, 0.6) is 0 Å². The van der Waals surface area contributed by atoms with Crippen LogP contribution in [-0.2, 0) is 17.7 Å². The molecular formula is C17H30N6O. The fourth-order valence-corrected chi connectivity index (χ4v) is 3.40. The summed E-state index contributed by atoms with van der Waals surface area (Å²) < 4.78 is 7.55. The minimum absolute atomic E-state index is 0.566. The Morgan fingerprint density at radius 2 is 2.25 bits per heavy atom. The molecule has 2 heterocycles. The number of hydrogen-bond donors (Lipinski definition) is 2. The number of guanidine groups is 1. The Bertz CT molecular complexity index is 517. The fourth-order valence-electron chi connectivity index (χ4n) is 3.40. The van der Waals surface area contributed by atoms with Gasteiger partial charge in [-0.2, -0.15) is 0 Å². The van der Waals surface area contributed by atoms with Gasteiger partial charge in [-0.15, -0.1) is 10.2 Å². The van der Waals surface area contributed by atoms with Crippen molar-refractivity contribution in [3.63, 3.8) is 0 Å². The van der Waals surface area contributed by atoms with Crippen LogP contribution in [0.3, 0.4) is 0 Å².